The molecule has 1 heterocycles. The summed E-state index contributed by atoms with van der Waals surface area (Å²) in [4.78, 5) is 12.4. The van der Waals surface area contributed by atoms with Gasteiger partial charge in [-0.15, -0.1) is 12.4 Å². The number of β-amino-alcohol motifs (C(OH)–C–C–N with tert-alkyl or cyclic N) is 1. The zero-order valence-corrected chi connectivity index (χ0v) is 14.6. The van der Waals surface area contributed by atoms with Crippen molar-refractivity contribution in [3.8, 4) is 0 Å². The van der Waals surface area contributed by atoms with E-state index in [9.17, 15) is 18.3 Å². The van der Waals surface area contributed by atoms with Crippen LogP contribution in [0.4, 0.5) is 0 Å². The smallest absolute Gasteiger partial charge is 0.252 e. The number of nitrogens with one attached hydrogen (secondary N) is 2. The topological polar surface area (TPSA) is 95.5 Å². The molecule has 1 fully saturated rings. The van der Waals surface area contributed by atoms with Crippen LogP contribution in [-0.4, -0.2) is 50.9 Å². The second kappa shape index (κ2) is 8.63. The minimum atomic E-state index is -3.46. The first kappa shape index (κ1) is 19.9. The van der Waals surface area contributed by atoms with Crippen LogP contribution in [0.1, 0.15) is 23.7 Å². The molecule has 130 valence electrons. The Morgan fingerprint density at radius 3 is 2.65 bits per heavy atom. The van der Waals surface area contributed by atoms with Crippen molar-refractivity contribution in [1.29, 1.82) is 0 Å². The lowest BCUT2D eigenvalue weighted by Gasteiger charge is -2.15. The zero-order valence-electron chi connectivity index (χ0n) is 13.0. The van der Waals surface area contributed by atoms with E-state index in [0.717, 1.165) is 0 Å². The number of hydrogen-bond donors (Lipinski definition) is 3. The minimum Gasteiger partial charge on any atom is -0.391 e. The molecule has 1 aromatic carbocycles. The van der Waals surface area contributed by atoms with Crippen LogP contribution in [0.15, 0.2) is 29.2 Å². The van der Waals surface area contributed by atoms with E-state index < -0.39 is 21.8 Å². The first-order valence-corrected chi connectivity index (χ1v) is 9.09. The highest BCUT2D eigenvalue weighted by Crippen LogP contribution is 2.18. The van der Waals surface area contributed by atoms with Crippen LogP contribution in [0.25, 0.3) is 0 Å². The lowest BCUT2D eigenvalue weighted by molar-refractivity contribution is 0.0924. The van der Waals surface area contributed by atoms with Gasteiger partial charge >= 0.3 is 0 Å². The number of benzene rings is 1. The summed E-state index contributed by atoms with van der Waals surface area (Å²) in [6.45, 7) is 3.25. The van der Waals surface area contributed by atoms with Gasteiger partial charge in [-0.1, -0.05) is 19.1 Å². The lowest BCUT2D eigenvalue weighted by atomic mass is 10.1. The molecule has 2 unspecified atom stereocenters. The van der Waals surface area contributed by atoms with Crippen LogP contribution in [0, 0.1) is 5.92 Å². The largest absolute Gasteiger partial charge is 0.391 e. The summed E-state index contributed by atoms with van der Waals surface area (Å²) < 4.78 is 24.5. The monoisotopic (exact) mass is 362 g/mol. The Kier molecular flexibility index (Phi) is 7.47. The summed E-state index contributed by atoms with van der Waals surface area (Å²) in [6.07, 6.45) is 0.0115. The maximum Gasteiger partial charge on any atom is 0.252 e. The standard InChI is InChI=1S/C15H22N2O4S.ClH/c1-2-7-22(20,21)14-6-4-3-5-12(14)15(19)17-9-11-8-16-10-13(11)18;/h3-6,11,13,16,18H,2,7-10H2,1H3,(H,17,19);1H. The Morgan fingerprint density at radius 1 is 1.35 bits per heavy atom. The molecule has 0 spiro atoms. The van der Waals surface area contributed by atoms with Crippen molar-refractivity contribution in [3.63, 3.8) is 0 Å². The minimum absolute atomic E-state index is 0. The fourth-order valence-corrected chi connectivity index (χ4v) is 4.09. The lowest BCUT2D eigenvalue weighted by Crippen LogP contribution is -2.35. The fourth-order valence-electron chi connectivity index (χ4n) is 2.55. The van der Waals surface area contributed by atoms with Crippen LogP contribution in [0.5, 0.6) is 0 Å². The summed E-state index contributed by atoms with van der Waals surface area (Å²) in [7, 11) is -3.46. The first-order chi connectivity index (χ1) is 10.5. The Bertz CT molecular complexity index is 636. The zero-order chi connectivity index (χ0) is 16.2. The van der Waals surface area contributed by atoms with E-state index in [0.29, 0.717) is 26.1 Å². The van der Waals surface area contributed by atoms with Gasteiger partial charge in [-0.3, -0.25) is 4.79 Å². The molecule has 3 N–H and O–H groups in total. The van der Waals surface area contributed by atoms with Crippen LogP contribution in [-0.2, 0) is 9.84 Å². The van der Waals surface area contributed by atoms with E-state index in [1.165, 1.54) is 12.1 Å². The average molecular weight is 363 g/mol. The van der Waals surface area contributed by atoms with E-state index in [1.54, 1.807) is 19.1 Å². The number of halogens is 1. The summed E-state index contributed by atoms with van der Waals surface area (Å²) in [5.41, 5.74) is 0.163. The molecule has 6 nitrogen and oxygen atoms in total. The molecular formula is C15H23ClN2O4S. The van der Waals surface area contributed by atoms with Gasteiger partial charge < -0.3 is 15.7 Å². The SMILES string of the molecule is CCCS(=O)(=O)c1ccccc1C(=O)NCC1CNCC1O.Cl. The number of aliphatic hydroxyl groups excluding tert-OH is 1. The van der Waals surface area contributed by atoms with Gasteiger partial charge in [0.15, 0.2) is 9.84 Å². The molecule has 2 rings (SSSR count). The van der Waals surface area contributed by atoms with Crippen molar-refractivity contribution in [1.82, 2.24) is 10.6 Å². The number of sulfone groups is 1. The maximum atomic E-state index is 12.3. The van der Waals surface area contributed by atoms with Gasteiger partial charge in [0.05, 0.1) is 22.3 Å². The third kappa shape index (κ3) is 4.91. The summed E-state index contributed by atoms with van der Waals surface area (Å²) in [5, 5.41) is 15.5. The molecule has 0 bridgehead atoms. The summed E-state index contributed by atoms with van der Waals surface area (Å²) in [6, 6.07) is 6.24. The maximum absolute atomic E-state index is 12.3. The molecule has 23 heavy (non-hydrogen) atoms. The second-order valence-corrected chi connectivity index (χ2v) is 7.59. The van der Waals surface area contributed by atoms with Gasteiger partial charge in [-0.2, -0.15) is 0 Å². The predicted molar refractivity (Wildman–Crippen MR) is 90.7 cm³/mol. The number of carbonyl (C=O) groups is 1. The molecule has 0 aromatic heterocycles. The van der Waals surface area contributed by atoms with Gasteiger partial charge in [0.1, 0.15) is 0 Å². The number of aliphatic hydroxyl groups is 1. The first-order valence-electron chi connectivity index (χ1n) is 7.44. The molecule has 1 saturated heterocycles. The Hall–Kier alpha value is -1.15. The normalized spacial score (nSPS) is 20.8. The van der Waals surface area contributed by atoms with Crippen LogP contribution >= 0.6 is 12.4 Å². The van der Waals surface area contributed by atoms with Gasteiger partial charge in [-0.05, 0) is 18.6 Å². The molecule has 0 radical (unpaired) electrons. The van der Waals surface area contributed by atoms with E-state index >= 15 is 0 Å². The van der Waals surface area contributed by atoms with E-state index in [-0.39, 0.29) is 34.5 Å². The van der Waals surface area contributed by atoms with E-state index in [2.05, 4.69) is 10.6 Å². The molecule has 0 saturated carbocycles. The number of rotatable bonds is 6. The van der Waals surface area contributed by atoms with Crippen molar-refractivity contribution in [2.24, 2.45) is 5.92 Å². The second-order valence-electron chi connectivity index (χ2n) is 5.51. The van der Waals surface area contributed by atoms with Gasteiger partial charge in [0.25, 0.3) is 5.91 Å². The van der Waals surface area contributed by atoms with Crippen molar-refractivity contribution >= 4 is 28.2 Å². The average Bonchev–Trinajstić information content (AvgIpc) is 2.90. The highest BCUT2D eigenvalue weighted by Gasteiger charge is 2.26. The van der Waals surface area contributed by atoms with Gasteiger partial charge in [0, 0.05) is 25.6 Å². The Balaban J connectivity index is 0.00000264. The van der Waals surface area contributed by atoms with E-state index in [4.69, 9.17) is 0 Å². The van der Waals surface area contributed by atoms with E-state index in [1.807, 2.05) is 0 Å². The summed E-state index contributed by atoms with van der Waals surface area (Å²) >= 11 is 0. The number of amides is 1. The summed E-state index contributed by atoms with van der Waals surface area (Å²) in [5.74, 6) is -0.458. The third-order valence-electron chi connectivity index (χ3n) is 3.77. The highest BCUT2D eigenvalue weighted by atomic mass is 35.5. The van der Waals surface area contributed by atoms with Crippen LogP contribution < -0.4 is 10.6 Å². The molecule has 0 aliphatic carbocycles. The number of carbonyl (C=O) groups excluding carboxylic acids is 1. The van der Waals surface area contributed by atoms with Crippen molar-refractivity contribution in [2.45, 2.75) is 24.3 Å². The molecule has 1 aliphatic rings. The fraction of sp³-hybridized carbons (Fsp3) is 0.533. The molecule has 2 atom stereocenters. The van der Waals surface area contributed by atoms with Crippen molar-refractivity contribution in [3.05, 3.63) is 29.8 Å². The predicted octanol–water partition coefficient (Wildman–Crippen LogP) is 0.602. The van der Waals surface area contributed by atoms with Gasteiger partial charge in [0.2, 0.25) is 0 Å². The Labute approximate surface area is 143 Å². The highest BCUT2D eigenvalue weighted by molar-refractivity contribution is 7.91. The van der Waals surface area contributed by atoms with Crippen LogP contribution in [0.3, 0.4) is 0 Å². The molecule has 1 aromatic rings. The quantitative estimate of drug-likeness (QED) is 0.689. The third-order valence-corrected chi connectivity index (χ3v) is 5.74. The molecule has 1 aliphatic heterocycles. The molecule has 8 heteroatoms. The van der Waals surface area contributed by atoms with Crippen LogP contribution in [0.2, 0.25) is 0 Å². The molecule has 1 amide bonds. The Morgan fingerprint density at radius 2 is 2.04 bits per heavy atom. The van der Waals surface area contributed by atoms with Crippen molar-refractivity contribution in [2.75, 3.05) is 25.4 Å². The number of hydrogen-bond acceptors (Lipinski definition) is 5. The van der Waals surface area contributed by atoms with Crippen molar-refractivity contribution < 1.29 is 18.3 Å². The van der Waals surface area contributed by atoms with Gasteiger partial charge in [-0.25, -0.2) is 8.42 Å². The molecular weight excluding hydrogens is 340 g/mol.